The molecule has 1 atom stereocenters. The van der Waals surface area contributed by atoms with E-state index < -0.39 is 0 Å². The van der Waals surface area contributed by atoms with E-state index in [0.717, 1.165) is 12.1 Å². The Hall–Kier alpha value is -0.420. The number of rotatable bonds is 3. The van der Waals surface area contributed by atoms with Crippen molar-refractivity contribution in [3.63, 3.8) is 0 Å². The van der Waals surface area contributed by atoms with Crippen LogP contribution in [0.1, 0.15) is 24.4 Å². The van der Waals surface area contributed by atoms with E-state index in [4.69, 9.17) is 0 Å². The summed E-state index contributed by atoms with van der Waals surface area (Å²) in [4.78, 5) is 16.6. The second-order valence-electron chi connectivity index (χ2n) is 2.98. The van der Waals surface area contributed by atoms with E-state index in [1.807, 2.05) is 6.92 Å². The summed E-state index contributed by atoms with van der Waals surface area (Å²) in [6, 6.07) is 0. The van der Waals surface area contributed by atoms with Crippen LogP contribution < -0.4 is 5.32 Å². The molecule has 1 heterocycles. The minimum atomic E-state index is -0.184. The molecular formula is C9H13BrN2OS. The Morgan fingerprint density at radius 2 is 2.36 bits per heavy atom. The van der Waals surface area contributed by atoms with Gasteiger partial charge in [-0.3, -0.25) is 4.79 Å². The molecule has 0 aliphatic rings. The first-order chi connectivity index (χ1) is 6.54. The second kappa shape index (κ2) is 4.89. The van der Waals surface area contributed by atoms with Crippen molar-refractivity contribution >= 4 is 38.3 Å². The number of carbonyl (C=O) groups is 1. The number of hydrogen-bond donors (Lipinski definition) is 1. The fraction of sp³-hybridized carbons (Fsp3) is 0.556. The largest absolute Gasteiger partial charge is 0.301 e. The van der Waals surface area contributed by atoms with Crippen molar-refractivity contribution in [3.8, 4) is 0 Å². The summed E-state index contributed by atoms with van der Waals surface area (Å²) in [5.74, 6) is -0.0543. The van der Waals surface area contributed by atoms with Gasteiger partial charge in [-0.1, -0.05) is 22.9 Å². The van der Waals surface area contributed by atoms with Crippen LogP contribution in [0, 0.1) is 6.92 Å². The number of amides is 1. The number of carbonyl (C=O) groups excluding carboxylic acids is 1. The lowest BCUT2D eigenvalue weighted by molar-refractivity contribution is -0.115. The van der Waals surface area contributed by atoms with E-state index in [1.54, 1.807) is 6.92 Å². The highest BCUT2D eigenvalue weighted by atomic mass is 79.9. The normalized spacial score (nSPS) is 12.6. The number of thiazole rings is 1. The van der Waals surface area contributed by atoms with Gasteiger partial charge in [-0.25, -0.2) is 4.98 Å². The van der Waals surface area contributed by atoms with Gasteiger partial charge >= 0.3 is 0 Å². The maximum atomic E-state index is 11.3. The molecule has 0 aliphatic carbocycles. The molecule has 1 N–H and O–H groups in total. The van der Waals surface area contributed by atoms with Crippen LogP contribution in [0.5, 0.6) is 0 Å². The van der Waals surface area contributed by atoms with Crippen LogP contribution in [0.2, 0.25) is 0 Å². The van der Waals surface area contributed by atoms with Gasteiger partial charge in [0, 0.05) is 4.88 Å². The van der Waals surface area contributed by atoms with Gasteiger partial charge in [0.15, 0.2) is 5.13 Å². The van der Waals surface area contributed by atoms with Gasteiger partial charge in [0.2, 0.25) is 5.91 Å². The van der Waals surface area contributed by atoms with Crippen molar-refractivity contribution in [2.24, 2.45) is 0 Å². The van der Waals surface area contributed by atoms with Gasteiger partial charge in [0.25, 0.3) is 0 Å². The molecule has 0 spiro atoms. The van der Waals surface area contributed by atoms with E-state index in [2.05, 4.69) is 33.2 Å². The molecule has 1 amide bonds. The predicted octanol–water partition coefficient (Wildman–Crippen LogP) is 2.74. The SMILES string of the molecule is CCc1nc(NC(=O)[C@@H](C)Br)sc1C. The van der Waals surface area contributed by atoms with Gasteiger partial charge in [-0.05, 0) is 20.3 Å². The Morgan fingerprint density at radius 3 is 2.79 bits per heavy atom. The van der Waals surface area contributed by atoms with Crippen LogP contribution in [0.15, 0.2) is 0 Å². The van der Waals surface area contributed by atoms with Crippen LogP contribution in [0.4, 0.5) is 5.13 Å². The van der Waals surface area contributed by atoms with E-state index in [0.29, 0.717) is 5.13 Å². The van der Waals surface area contributed by atoms with Crippen molar-refractivity contribution in [1.29, 1.82) is 0 Å². The van der Waals surface area contributed by atoms with Crippen LogP contribution in [0.25, 0.3) is 0 Å². The molecule has 0 unspecified atom stereocenters. The molecule has 78 valence electrons. The lowest BCUT2D eigenvalue weighted by Crippen LogP contribution is -2.19. The first kappa shape index (κ1) is 11.7. The third-order valence-electron chi connectivity index (χ3n) is 1.82. The quantitative estimate of drug-likeness (QED) is 0.863. The van der Waals surface area contributed by atoms with E-state index in [-0.39, 0.29) is 10.7 Å². The monoisotopic (exact) mass is 276 g/mol. The van der Waals surface area contributed by atoms with Crippen LogP contribution in [-0.4, -0.2) is 15.7 Å². The first-order valence-corrected chi connectivity index (χ1v) is 6.19. The zero-order valence-corrected chi connectivity index (χ0v) is 10.8. The highest BCUT2D eigenvalue weighted by Crippen LogP contribution is 2.22. The minimum absolute atomic E-state index is 0.0543. The minimum Gasteiger partial charge on any atom is -0.301 e. The zero-order chi connectivity index (χ0) is 10.7. The van der Waals surface area contributed by atoms with Crippen molar-refractivity contribution in [3.05, 3.63) is 10.6 Å². The van der Waals surface area contributed by atoms with Crippen molar-refractivity contribution in [2.75, 3.05) is 5.32 Å². The smallest absolute Gasteiger partial charge is 0.239 e. The molecule has 3 nitrogen and oxygen atoms in total. The predicted molar refractivity (Wildman–Crippen MR) is 63.2 cm³/mol. The zero-order valence-electron chi connectivity index (χ0n) is 8.43. The third-order valence-corrected chi connectivity index (χ3v) is 3.16. The summed E-state index contributed by atoms with van der Waals surface area (Å²) in [7, 11) is 0. The molecule has 14 heavy (non-hydrogen) atoms. The molecule has 1 aromatic rings. The number of anilines is 1. The van der Waals surface area contributed by atoms with Crippen molar-refractivity contribution in [2.45, 2.75) is 32.0 Å². The molecule has 0 aromatic carbocycles. The molecule has 0 bridgehead atoms. The average molecular weight is 277 g/mol. The Bertz CT molecular complexity index is 336. The number of nitrogens with zero attached hydrogens (tertiary/aromatic N) is 1. The molecule has 0 fully saturated rings. The number of aryl methyl sites for hydroxylation is 2. The number of nitrogens with one attached hydrogen (secondary N) is 1. The molecule has 0 aliphatic heterocycles. The maximum Gasteiger partial charge on any atom is 0.239 e. The Labute approximate surface area is 96.1 Å². The van der Waals surface area contributed by atoms with Gasteiger partial charge in [-0.2, -0.15) is 0 Å². The highest BCUT2D eigenvalue weighted by molar-refractivity contribution is 9.10. The topological polar surface area (TPSA) is 42.0 Å². The summed E-state index contributed by atoms with van der Waals surface area (Å²) in [5, 5.41) is 3.45. The van der Waals surface area contributed by atoms with Crippen LogP contribution in [0.3, 0.4) is 0 Å². The average Bonchev–Trinajstić information content (AvgIpc) is 2.45. The third kappa shape index (κ3) is 2.78. The summed E-state index contributed by atoms with van der Waals surface area (Å²) in [6.45, 7) is 5.86. The van der Waals surface area contributed by atoms with Crippen LogP contribution in [-0.2, 0) is 11.2 Å². The lowest BCUT2D eigenvalue weighted by atomic mass is 10.3. The van der Waals surface area contributed by atoms with E-state index in [9.17, 15) is 4.79 Å². The highest BCUT2D eigenvalue weighted by Gasteiger charge is 2.12. The Kier molecular flexibility index (Phi) is 4.07. The Balaban J connectivity index is 2.73. The Morgan fingerprint density at radius 1 is 1.71 bits per heavy atom. The van der Waals surface area contributed by atoms with Gasteiger partial charge in [-0.15, -0.1) is 11.3 Å². The summed E-state index contributed by atoms with van der Waals surface area (Å²) in [6.07, 6.45) is 0.905. The van der Waals surface area contributed by atoms with Crippen molar-refractivity contribution < 1.29 is 4.79 Å². The first-order valence-electron chi connectivity index (χ1n) is 4.45. The summed E-state index contributed by atoms with van der Waals surface area (Å²) >= 11 is 4.73. The van der Waals surface area contributed by atoms with Crippen LogP contribution >= 0.6 is 27.3 Å². The van der Waals surface area contributed by atoms with Gasteiger partial charge < -0.3 is 5.32 Å². The number of aromatic nitrogens is 1. The number of halogens is 1. The molecule has 1 aromatic heterocycles. The maximum absolute atomic E-state index is 11.3. The fourth-order valence-electron chi connectivity index (χ4n) is 1.01. The molecule has 0 saturated carbocycles. The molecule has 0 radical (unpaired) electrons. The summed E-state index contributed by atoms with van der Waals surface area (Å²) < 4.78 is 0. The molecule has 0 saturated heterocycles. The standard InChI is InChI=1S/C9H13BrN2OS/c1-4-7-6(3)14-9(11-7)12-8(13)5(2)10/h5H,4H2,1-3H3,(H,11,12,13)/t5-/m1/s1. The fourth-order valence-corrected chi connectivity index (χ4v) is 2.03. The number of hydrogen-bond acceptors (Lipinski definition) is 3. The molecule has 5 heteroatoms. The van der Waals surface area contributed by atoms with Gasteiger partial charge in [0.1, 0.15) is 0 Å². The van der Waals surface area contributed by atoms with E-state index >= 15 is 0 Å². The molecular weight excluding hydrogens is 264 g/mol. The lowest BCUT2D eigenvalue weighted by Gasteiger charge is -2.01. The van der Waals surface area contributed by atoms with Crippen molar-refractivity contribution in [1.82, 2.24) is 4.98 Å². The van der Waals surface area contributed by atoms with E-state index in [1.165, 1.54) is 16.2 Å². The second-order valence-corrected chi connectivity index (χ2v) is 5.56. The molecule has 1 rings (SSSR count). The number of alkyl halides is 1. The van der Waals surface area contributed by atoms with Gasteiger partial charge in [0.05, 0.1) is 10.5 Å². The summed E-state index contributed by atoms with van der Waals surface area (Å²) in [5.41, 5.74) is 1.06.